The van der Waals surface area contributed by atoms with Crippen LogP contribution in [0.5, 0.6) is 5.75 Å². The molecule has 6 heteroatoms. The Morgan fingerprint density at radius 2 is 2.19 bits per heavy atom. The highest BCUT2D eigenvalue weighted by molar-refractivity contribution is 5.91. The fourth-order valence-electron chi connectivity index (χ4n) is 2.09. The van der Waals surface area contributed by atoms with Gasteiger partial charge in [0.15, 0.2) is 5.96 Å². The third-order valence-electron chi connectivity index (χ3n) is 3.11. The summed E-state index contributed by atoms with van der Waals surface area (Å²) in [5, 5.41) is 4.45. The van der Waals surface area contributed by atoms with Gasteiger partial charge in [-0.05, 0) is 25.0 Å². The number of anilines is 1. The molecule has 2 aromatic rings. The average molecular weight is 287 g/mol. The van der Waals surface area contributed by atoms with Crippen LogP contribution < -0.4 is 21.5 Å². The molecule has 0 saturated carbocycles. The molecule has 1 aromatic heterocycles. The van der Waals surface area contributed by atoms with E-state index in [0.29, 0.717) is 6.54 Å². The van der Waals surface area contributed by atoms with Gasteiger partial charge in [0, 0.05) is 30.7 Å². The largest absolute Gasteiger partial charge is 0.497 e. The number of benzene rings is 1. The molecule has 0 aliphatic heterocycles. The van der Waals surface area contributed by atoms with Gasteiger partial charge in [-0.2, -0.15) is 0 Å². The fourth-order valence-corrected chi connectivity index (χ4v) is 2.09. The number of unbranched alkanes of at least 4 members (excludes halogenated alkanes) is 1. The van der Waals surface area contributed by atoms with Crippen molar-refractivity contribution < 1.29 is 4.74 Å². The number of fused-ring (bicyclic) bond motifs is 1. The second kappa shape index (κ2) is 7.33. The van der Waals surface area contributed by atoms with Gasteiger partial charge in [0.1, 0.15) is 5.75 Å². The van der Waals surface area contributed by atoms with Crippen molar-refractivity contribution in [3.05, 3.63) is 30.5 Å². The van der Waals surface area contributed by atoms with Crippen molar-refractivity contribution >= 4 is 22.5 Å². The molecular formula is C15H21N5O. The molecule has 0 saturated heterocycles. The lowest BCUT2D eigenvalue weighted by Gasteiger charge is -2.11. The summed E-state index contributed by atoms with van der Waals surface area (Å²) in [6.07, 6.45) is 3.70. The van der Waals surface area contributed by atoms with Crippen LogP contribution in [0.2, 0.25) is 0 Å². The zero-order chi connectivity index (χ0) is 15.1. The topological polar surface area (TPSA) is 98.5 Å². The van der Waals surface area contributed by atoms with Gasteiger partial charge in [-0.25, -0.2) is 0 Å². The molecule has 0 fully saturated rings. The Kier molecular flexibility index (Phi) is 5.20. The van der Waals surface area contributed by atoms with Gasteiger partial charge in [0.05, 0.1) is 18.3 Å². The van der Waals surface area contributed by atoms with Crippen molar-refractivity contribution in [3.63, 3.8) is 0 Å². The Balaban J connectivity index is 1.99. The summed E-state index contributed by atoms with van der Waals surface area (Å²) in [7, 11) is 1.66. The maximum Gasteiger partial charge on any atom is 0.185 e. The highest BCUT2D eigenvalue weighted by Gasteiger charge is 2.05. The van der Waals surface area contributed by atoms with Crippen molar-refractivity contribution in [2.75, 3.05) is 25.5 Å². The van der Waals surface area contributed by atoms with Gasteiger partial charge in [0.25, 0.3) is 0 Å². The average Bonchev–Trinajstić information content (AvgIpc) is 2.50. The first-order valence-corrected chi connectivity index (χ1v) is 6.92. The minimum atomic E-state index is 0.144. The first-order chi connectivity index (χ1) is 10.2. The molecule has 2 rings (SSSR count). The maximum absolute atomic E-state index is 5.32. The minimum Gasteiger partial charge on any atom is -0.497 e. The van der Waals surface area contributed by atoms with E-state index in [1.807, 2.05) is 24.3 Å². The number of methoxy groups -OCH3 is 1. The Labute approximate surface area is 124 Å². The van der Waals surface area contributed by atoms with E-state index in [4.69, 9.17) is 16.2 Å². The molecule has 0 amide bonds. The lowest BCUT2D eigenvalue weighted by Crippen LogP contribution is -2.23. The number of nitrogens with zero attached hydrogens (tertiary/aromatic N) is 2. The van der Waals surface area contributed by atoms with E-state index in [1.165, 1.54) is 0 Å². The van der Waals surface area contributed by atoms with Crippen LogP contribution in [0.25, 0.3) is 10.9 Å². The molecule has 0 spiro atoms. The number of guanidine groups is 1. The standard InChI is InChI=1S/C15H21N5O/c1-21-12-9-11-5-4-8-19-14(11)13(10-12)18-6-2-3-7-20-15(16)17/h4-5,8-10,18H,2-3,6-7H2,1H3,(H4,16,17,20). The molecule has 0 atom stereocenters. The van der Waals surface area contributed by atoms with Crippen molar-refractivity contribution in [1.29, 1.82) is 0 Å². The van der Waals surface area contributed by atoms with Crippen LogP contribution in [-0.2, 0) is 0 Å². The summed E-state index contributed by atoms with van der Waals surface area (Å²) in [6, 6.07) is 7.88. The highest BCUT2D eigenvalue weighted by atomic mass is 16.5. The molecule has 6 nitrogen and oxygen atoms in total. The molecule has 5 N–H and O–H groups in total. The lowest BCUT2D eigenvalue weighted by molar-refractivity contribution is 0.415. The SMILES string of the molecule is COc1cc(NCCCCN=C(N)N)c2ncccc2c1. The number of rotatable bonds is 7. The van der Waals surface area contributed by atoms with Crippen LogP contribution in [0, 0.1) is 0 Å². The molecule has 21 heavy (non-hydrogen) atoms. The predicted octanol–water partition coefficient (Wildman–Crippen LogP) is 1.71. The molecule has 0 aliphatic carbocycles. The van der Waals surface area contributed by atoms with Gasteiger partial charge >= 0.3 is 0 Å². The number of nitrogens with two attached hydrogens (primary N) is 2. The van der Waals surface area contributed by atoms with E-state index in [-0.39, 0.29) is 5.96 Å². The third kappa shape index (κ3) is 4.24. The first-order valence-electron chi connectivity index (χ1n) is 6.92. The second-order valence-corrected chi connectivity index (χ2v) is 4.69. The normalized spacial score (nSPS) is 10.3. The molecule has 1 aromatic carbocycles. The molecule has 0 aliphatic rings. The number of pyridine rings is 1. The summed E-state index contributed by atoms with van der Waals surface area (Å²) in [4.78, 5) is 8.38. The van der Waals surface area contributed by atoms with E-state index < -0.39 is 0 Å². The number of ether oxygens (including phenoxy) is 1. The third-order valence-corrected chi connectivity index (χ3v) is 3.11. The Morgan fingerprint density at radius 3 is 2.95 bits per heavy atom. The van der Waals surface area contributed by atoms with Crippen molar-refractivity contribution in [2.45, 2.75) is 12.8 Å². The van der Waals surface area contributed by atoms with Crippen LogP contribution in [-0.4, -0.2) is 31.1 Å². The Morgan fingerprint density at radius 1 is 1.33 bits per heavy atom. The number of nitrogens with one attached hydrogen (secondary N) is 1. The van der Waals surface area contributed by atoms with E-state index in [0.717, 1.165) is 41.7 Å². The summed E-state index contributed by atoms with van der Waals surface area (Å²) in [6.45, 7) is 1.49. The van der Waals surface area contributed by atoms with Crippen LogP contribution in [0.4, 0.5) is 5.69 Å². The molecule has 0 bridgehead atoms. The zero-order valence-electron chi connectivity index (χ0n) is 12.2. The zero-order valence-corrected chi connectivity index (χ0v) is 12.2. The van der Waals surface area contributed by atoms with E-state index in [1.54, 1.807) is 13.3 Å². The van der Waals surface area contributed by atoms with Crippen molar-refractivity contribution in [1.82, 2.24) is 4.98 Å². The lowest BCUT2D eigenvalue weighted by atomic mass is 10.1. The van der Waals surface area contributed by atoms with E-state index >= 15 is 0 Å². The maximum atomic E-state index is 5.32. The summed E-state index contributed by atoms with van der Waals surface area (Å²) in [5.41, 5.74) is 12.5. The van der Waals surface area contributed by atoms with Crippen LogP contribution in [0.15, 0.2) is 35.5 Å². The Bertz CT molecular complexity index is 622. The summed E-state index contributed by atoms with van der Waals surface area (Å²) in [5.74, 6) is 0.962. The molecular weight excluding hydrogens is 266 g/mol. The van der Waals surface area contributed by atoms with Gasteiger partial charge in [-0.3, -0.25) is 9.98 Å². The predicted molar refractivity (Wildman–Crippen MR) is 86.7 cm³/mol. The smallest absolute Gasteiger partial charge is 0.185 e. The number of hydrogen-bond donors (Lipinski definition) is 3. The van der Waals surface area contributed by atoms with Gasteiger partial charge < -0.3 is 21.5 Å². The van der Waals surface area contributed by atoms with Crippen LogP contribution >= 0.6 is 0 Å². The quantitative estimate of drug-likeness (QED) is 0.409. The Hall–Kier alpha value is -2.50. The number of hydrogen-bond acceptors (Lipinski definition) is 4. The molecule has 0 radical (unpaired) electrons. The van der Waals surface area contributed by atoms with Crippen LogP contribution in [0.3, 0.4) is 0 Å². The van der Waals surface area contributed by atoms with E-state index in [2.05, 4.69) is 15.3 Å². The number of aromatic nitrogens is 1. The van der Waals surface area contributed by atoms with Crippen molar-refractivity contribution in [2.24, 2.45) is 16.5 Å². The highest BCUT2D eigenvalue weighted by Crippen LogP contribution is 2.27. The van der Waals surface area contributed by atoms with Crippen molar-refractivity contribution in [3.8, 4) is 5.75 Å². The van der Waals surface area contributed by atoms with Crippen LogP contribution in [0.1, 0.15) is 12.8 Å². The van der Waals surface area contributed by atoms with Gasteiger partial charge in [0.2, 0.25) is 0 Å². The number of aliphatic imine (C=N–C) groups is 1. The van der Waals surface area contributed by atoms with Gasteiger partial charge in [-0.1, -0.05) is 6.07 Å². The molecule has 0 unspecified atom stereocenters. The first kappa shape index (κ1) is 14.9. The van der Waals surface area contributed by atoms with E-state index in [9.17, 15) is 0 Å². The molecule has 1 heterocycles. The second-order valence-electron chi connectivity index (χ2n) is 4.69. The fraction of sp³-hybridized carbons (Fsp3) is 0.333. The molecule has 112 valence electrons. The minimum absolute atomic E-state index is 0.144. The monoisotopic (exact) mass is 287 g/mol. The van der Waals surface area contributed by atoms with Gasteiger partial charge in [-0.15, -0.1) is 0 Å². The summed E-state index contributed by atoms with van der Waals surface area (Å²) < 4.78 is 5.32. The summed E-state index contributed by atoms with van der Waals surface area (Å²) >= 11 is 0.